The van der Waals surface area contributed by atoms with Gasteiger partial charge in [-0.2, -0.15) is 0 Å². The summed E-state index contributed by atoms with van der Waals surface area (Å²) < 4.78 is 16.3. The maximum Gasteiger partial charge on any atom is 0.135 e. The molecule has 0 spiro atoms. The Morgan fingerprint density at radius 1 is 1.22 bits per heavy atom. The third kappa shape index (κ3) is 1.57. The summed E-state index contributed by atoms with van der Waals surface area (Å²) in [4.78, 5) is 2.27. The fourth-order valence-electron chi connectivity index (χ4n) is 2.99. The van der Waals surface area contributed by atoms with Gasteiger partial charge in [-0.05, 0) is 51.6 Å². The zero-order valence-corrected chi connectivity index (χ0v) is 11.2. The van der Waals surface area contributed by atoms with Crippen molar-refractivity contribution < 1.29 is 4.39 Å². The number of benzene rings is 1. The Kier molecular flexibility index (Phi) is 2.67. The molecule has 3 rings (SSSR count). The van der Waals surface area contributed by atoms with Crippen molar-refractivity contribution in [1.82, 2.24) is 9.47 Å². The number of aryl methyl sites for hydroxylation is 1. The largest absolute Gasteiger partial charge is 0.343 e. The van der Waals surface area contributed by atoms with E-state index in [0.29, 0.717) is 12.1 Å². The number of fused-ring (bicyclic) bond motifs is 1. The topological polar surface area (TPSA) is 8.17 Å². The Hall–Kier alpha value is -1.35. The average Bonchev–Trinajstić information content (AvgIpc) is 2.66. The highest BCUT2D eigenvalue weighted by Gasteiger charge is 2.34. The first-order valence-electron chi connectivity index (χ1n) is 6.51. The van der Waals surface area contributed by atoms with Gasteiger partial charge < -0.3 is 9.47 Å². The molecule has 1 fully saturated rings. The lowest BCUT2D eigenvalue weighted by Gasteiger charge is -2.42. The van der Waals surface area contributed by atoms with Crippen LogP contribution in [0.5, 0.6) is 0 Å². The molecule has 0 bridgehead atoms. The van der Waals surface area contributed by atoms with E-state index >= 15 is 0 Å². The molecule has 1 saturated carbocycles. The fraction of sp³-hybridized carbons (Fsp3) is 0.467. The van der Waals surface area contributed by atoms with Crippen LogP contribution in [-0.2, 0) is 0 Å². The highest BCUT2D eigenvalue weighted by molar-refractivity contribution is 5.81. The van der Waals surface area contributed by atoms with Crippen LogP contribution < -0.4 is 0 Å². The fourth-order valence-corrected chi connectivity index (χ4v) is 2.99. The molecule has 0 N–H and O–H groups in total. The van der Waals surface area contributed by atoms with Crippen LogP contribution in [0.25, 0.3) is 10.9 Å². The minimum Gasteiger partial charge on any atom is -0.343 e. The standard InChI is InChI=1S/C15H19FN2/c1-10-4-5-12-11(15(10)16)8-9-18(12)14-7-6-13(14)17(2)3/h4-5,8-9,13-14H,6-7H2,1-3H3. The van der Waals surface area contributed by atoms with Crippen molar-refractivity contribution in [1.29, 1.82) is 0 Å². The van der Waals surface area contributed by atoms with E-state index in [-0.39, 0.29) is 5.82 Å². The van der Waals surface area contributed by atoms with Gasteiger partial charge in [0.2, 0.25) is 0 Å². The predicted molar refractivity (Wildman–Crippen MR) is 72.4 cm³/mol. The quantitative estimate of drug-likeness (QED) is 0.789. The number of aromatic nitrogens is 1. The third-order valence-corrected chi connectivity index (χ3v) is 4.25. The lowest BCUT2D eigenvalue weighted by molar-refractivity contribution is 0.116. The van der Waals surface area contributed by atoms with Gasteiger partial charge in [-0.25, -0.2) is 4.39 Å². The SMILES string of the molecule is Cc1ccc2c(ccn2C2CCC2N(C)C)c1F. The normalized spacial score (nSPS) is 23.6. The first-order valence-corrected chi connectivity index (χ1v) is 6.51. The van der Waals surface area contributed by atoms with Crippen molar-refractivity contribution >= 4 is 10.9 Å². The van der Waals surface area contributed by atoms with Gasteiger partial charge in [0.15, 0.2) is 0 Å². The number of rotatable bonds is 2. The molecule has 0 amide bonds. The minimum absolute atomic E-state index is 0.0769. The lowest BCUT2D eigenvalue weighted by Crippen LogP contribution is -2.43. The highest BCUT2D eigenvalue weighted by atomic mass is 19.1. The molecule has 96 valence electrons. The molecule has 2 unspecified atom stereocenters. The number of hydrogen-bond acceptors (Lipinski definition) is 1. The maximum atomic E-state index is 14.0. The Bertz CT molecular complexity index is 585. The van der Waals surface area contributed by atoms with Crippen LogP contribution >= 0.6 is 0 Å². The average molecular weight is 246 g/mol. The van der Waals surface area contributed by atoms with Crippen molar-refractivity contribution in [3.8, 4) is 0 Å². The first-order chi connectivity index (χ1) is 8.59. The summed E-state index contributed by atoms with van der Waals surface area (Å²) in [7, 11) is 4.24. The molecule has 0 aliphatic heterocycles. The van der Waals surface area contributed by atoms with Crippen molar-refractivity contribution in [3.05, 3.63) is 35.8 Å². The number of likely N-dealkylation sites (N-methyl/N-ethyl adjacent to an activating group) is 1. The van der Waals surface area contributed by atoms with E-state index in [9.17, 15) is 4.39 Å². The van der Waals surface area contributed by atoms with E-state index in [1.807, 2.05) is 31.3 Å². The van der Waals surface area contributed by atoms with E-state index in [0.717, 1.165) is 16.5 Å². The molecular formula is C15H19FN2. The molecule has 1 aromatic carbocycles. The molecule has 3 heteroatoms. The van der Waals surface area contributed by atoms with E-state index < -0.39 is 0 Å². The van der Waals surface area contributed by atoms with E-state index in [4.69, 9.17) is 0 Å². The predicted octanol–water partition coefficient (Wildman–Crippen LogP) is 3.35. The molecule has 1 aromatic heterocycles. The maximum absolute atomic E-state index is 14.0. The summed E-state index contributed by atoms with van der Waals surface area (Å²) in [5.41, 5.74) is 1.74. The van der Waals surface area contributed by atoms with Gasteiger partial charge in [-0.15, -0.1) is 0 Å². The van der Waals surface area contributed by atoms with Gasteiger partial charge in [-0.1, -0.05) is 6.07 Å². The van der Waals surface area contributed by atoms with Crippen LogP contribution in [0.1, 0.15) is 24.4 Å². The molecule has 1 aliphatic rings. The summed E-state index contributed by atoms with van der Waals surface area (Å²) in [6.45, 7) is 1.82. The lowest BCUT2D eigenvalue weighted by atomic mass is 9.85. The van der Waals surface area contributed by atoms with Gasteiger partial charge in [0.1, 0.15) is 5.82 Å². The minimum atomic E-state index is -0.0769. The summed E-state index contributed by atoms with van der Waals surface area (Å²) >= 11 is 0. The van der Waals surface area contributed by atoms with E-state index in [1.165, 1.54) is 12.8 Å². The molecular weight excluding hydrogens is 227 g/mol. The van der Waals surface area contributed by atoms with Gasteiger partial charge in [0.25, 0.3) is 0 Å². The third-order valence-electron chi connectivity index (χ3n) is 4.25. The molecule has 1 heterocycles. The van der Waals surface area contributed by atoms with Crippen LogP contribution in [0.4, 0.5) is 4.39 Å². The Labute approximate surface area is 107 Å². The second-order valence-corrected chi connectivity index (χ2v) is 5.53. The summed E-state index contributed by atoms with van der Waals surface area (Å²) in [6.07, 6.45) is 4.45. The summed E-state index contributed by atoms with van der Waals surface area (Å²) in [6, 6.07) is 6.88. The van der Waals surface area contributed by atoms with Gasteiger partial charge in [0, 0.05) is 23.7 Å². The Morgan fingerprint density at radius 3 is 2.61 bits per heavy atom. The molecule has 18 heavy (non-hydrogen) atoms. The van der Waals surface area contributed by atoms with Gasteiger partial charge in [0.05, 0.1) is 5.52 Å². The van der Waals surface area contributed by atoms with Crippen LogP contribution in [0, 0.1) is 12.7 Å². The molecule has 0 saturated heterocycles. The first kappa shape index (κ1) is 11.7. The molecule has 0 radical (unpaired) electrons. The molecule has 2 aromatic rings. The van der Waals surface area contributed by atoms with Crippen LogP contribution in [0.15, 0.2) is 24.4 Å². The van der Waals surface area contributed by atoms with Gasteiger partial charge >= 0.3 is 0 Å². The summed E-state index contributed by atoms with van der Waals surface area (Å²) in [5, 5.41) is 0.749. The van der Waals surface area contributed by atoms with Crippen LogP contribution in [-0.4, -0.2) is 29.6 Å². The smallest absolute Gasteiger partial charge is 0.135 e. The summed E-state index contributed by atoms with van der Waals surface area (Å²) in [5.74, 6) is -0.0769. The van der Waals surface area contributed by atoms with Gasteiger partial charge in [-0.3, -0.25) is 0 Å². The Balaban J connectivity index is 2.06. The second kappa shape index (κ2) is 4.09. The number of nitrogens with zero attached hydrogens (tertiary/aromatic N) is 2. The highest BCUT2D eigenvalue weighted by Crippen LogP contribution is 2.38. The van der Waals surface area contributed by atoms with Crippen molar-refractivity contribution in [2.75, 3.05) is 14.1 Å². The van der Waals surface area contributed by atoms with Crippen LogP contribution in [0.3, 0.4) is 0 Å². The second-order valence-electron chi connectivity index (χ2n) is 5.53. The van der Waals surface area contributed by atoms with Crippen molar-refractivity contribution in [3.63, 3.8) is 0 Å². The van der Waals surface area contributed by atoms with E-state index in [2.05, 4.69) is 23.6 Å². The zero-order chi connectivity index (χ0) is 12.9. The number of hydrogen-bond donors (Lipinski definition) is 0. The molecule has 2 atom stereocenters. The van der Waals surface area contributed by atoms with E-state index in [1.54, 1.807) is 0 Å². The molecule has 2 nitrogen and oxygen atoms in total. The van der Waals surface area contributed by atoms with Crippen molar-refractivity contribution in [2.45, 2.75) is 31.8 Å². The Morgan fingerprint density at radius 2 is 2.00 bits per heavy atom. The zero-order valence-electron chi connectivity index (χ0n) is 11.2. The number of halogens is 1. The molecule has 1 aliphatic carbocycles. The van der Waals surface area contributed by atoms with Crippen LogP contribution in [0.2, 0.25) is 0 Å². The monoisotopic (exact) mass is 246 g/mol. The van der Waals surface area contributed by atoms with Crippen molar-refractivity contribution in [2.24, 2.45) is 0 Å².